The summed E-state index contributed by atoms with van der Waals surface area (Å²) in [7, 11) is 1.99. The van der Waals surface area contributed by atoms with Gasteiger partial charge >= 0.3 is 0 Å². The SMILES string of the molecule is Cc1c(Cl)cccc1C1(O)CN(C)C1. The third-order valence-corrected chi connectivity index (χ3v) is 3.24. The van der Waals surface area contributed by atoms with E-state index < -0.39 is 5.60 Å². The van der Waals surface area contributed by atoms with Crippen molar-refractivity contribution in [2.45, 2.75) is 12.5 Å². The van der Waals surface area contributed by atoms with Crippen LogP contribution in [0.4, 0.5) is 0 Å². The van der Waals surface area contributed by atoms with Crippen LogP contribution in [-0.4, -0.2) is 30.1 Å². The Bertz CT molecular complexity index is 358. The number of halogens is 1. The molecule has 2 nitrogen and oxygen atoms in total. The third-order valence-electron chi connectivity index (χ3n) is 2.83. The Morgan fingerprint density at radius 1 is 1.43 bits per heavy atom. The van der Waals surface area contributed by atoms with Gasteiger partial charge in [-0.1, -0.05) is 23.7 Å². The number of aliphatic hydroxyl groups is 1. The Balaban J connectivity index is 2.37. The minimum Gasteiger partial charge on any atom is -0.382 e. The van der Waals surface area contributed by atoms with Crippen molar-refractivity contribution in [1.29, 1.82) is 0 Å². The molecule has 1 aliphatic heterocycles. The molecule has 3 heteroatoms. The summed E-state index contributed by atoms with van der Waals surface area (Å²) in [5.41, 5.74) is 1.26. The molecule has 0 unspecified atom stereocenters. The van der Waals surface area contributed by atoms with E-state index in [0.29, 0.717) is 13.1 Å². The number of rotatable bonds is 1. The number of likely N-dealkylation sites (tertiary alicyclic amines) is 1. The number of nitrogens with zero attached hydrogens (tertiary/aromatic N) is 1. The van der Waals surface area contributed by atoms with E-state index in [9.17, 15) is 5.11 Å². The van der Waals surface area contributed by atoms with Gasteiger partial charge in [-0.3, -0.25) is 4.90 Å². The van der Waals surface area contributed by atoms with Gasteiger partial charge in [-0.05, 0) is 31.2 Å². The molecule has 0 saturated carbocycles. The molecule has 1 aromatic carbocycles. The van der Waals surface area contributed by atoms with Crippen molar-refractivity contribution in [3.8, 4) is 0 Å². The molecule has 0 aromatic heterocycles. The Morgan fingerprint density at radius 2 is 2.07 bits per heavy atom. The molecule has 0 spiro atoms. The maximum atomic E-state index is 10.3. The fourth-order valence-corrected chi connectivity index (χ4v) is 2.30. The lowest BCUT2D eigenvalue weighted by molar-refractivity contribution is -0.0922. The molecule has 76 valence electrons. The minimum absolute atomic E-state index is 0.689. The van der Waals surface area contributed by atoms with Crippen LogP contribution < -0.4 is 0 Å². The van der Waals surface area contributed by atoms with Crippen LogP contribution in [0.2, 0.25) is 5.02 Å². The van der Waals surface area contributed by atoms with Crippen molar-refractivity contribution in [3.05, 3.63) is 34.3 Å². The normalized spacial score (nSPS) is 20.6. The van der Waals surface area contributed by atoms with E-state index in [1.165, 1.54) is 0 Å². The van der Waals surface area contributed by atoms with Crippen LogP contribution in [0.1, 0.15) is 11.1 Å². The van der Waals surface area contributed by atoms with Crippen molar-refractivity contribution in [1.82, 2.24) is 4.90 Å². The predicted octanol–water partition coefficient (Wildman–Crippen LogP) is 1.78. The highest BCUT2D eigenvalue weighted by atomic mass is 35.5. The molecule has 1 fully saturated rings. The fraction of sp³-hybridized carbons (Fsp3) is 0.455. The monoisotopic (exact) mass is 211 g/mol. The number of likely N-dealkylation sites (N-methyl/N-ethyl adjacent to an activating group) is 1. The van der Waals surface area contributed by atoms with Crippen molar-refractivity contribution >= 4 is 11.6 Å². The van der Waals surface area contributed by atoms with Crippen molar-refractivity contribution in [2.24, 2.45) is 0 Å². The van der Waals surface area contributed by atoms with Gasteiger partial charge in [0.1, 0.15) is 5.60 Å². The van der Waals surface area contributed by atoms with Gasteiger partial charge in [0.15, 0.2) is 0 Å². The third kappa shape index (κ3) is 1.44. The molecule has 2 rings (SSSR count). The Labute approximate surface area is 89.1 Å². The first-order valence-electron chi connectivity index (χ1n) is 4.69. The van der Waals surface area contributed by atoms with Gasteiger partial charge in [0.2, 0.25) is 0 Å². The van der Waals surface area contributed by atoms with Crippen molar-refractivity contribution < 1.29 is 5.11 Å². The van der Waals surface area contributed by atoms with Crippen LogP contribution in [0.3, 0.4) is 0 Å². The number of hydrogen-bond donors (Lipinski definition) is 1. The maximum Gasteiger partial charge on any atom is 0.115 e. The van der Waals surface area contributed by atoms with Gasteiger partial charge in [0.25, 0.3) is 0 Å². The van der Waals surface area contributed by atoms with E-state index in [1.54, 1.807) is 0 Å². The quantitative estimate of drug-likeness (QED) is 0.766. The number of β-amino-alcohol motifs (C(OH)–C–C–N with tert-alkyl or cyclic N) is 1. The number of hydrogen-bond acceptors (Lipinski definition) is 2. The fourth-order valence-electron chi connectivity index (χ4n) is 2.13. The first-order chi connectivity index (χ1) is 6.53. The summed E-state index contributed by atoms with van der Waals surface area (Å²) in [5.74, 6) is 0. The van der Waals surface area contributed by atoms with Crippen LogP contribution in [-0.2, 0) is 5.60 Å². The predicted molar refractivity (Wildman–Crippen MR) is 57.6 cm³/mol. The Morgan fingerprint density at radius 3 is 2.64 bits per heavy atom. The van der Waals surface area contributed by atoms with Gasteiger partial charge in [-0.25, -0.2) is 0 Å². The van der Waals surface area contributed by atoms with E-state index in [2.05, 4.69) is 4.90 Å². The van der Waals surface area contributed by atoms with E-state index in [-0.39, 0.29) is 0 Å². The topological polar surface area (TPSA) is 23.5 Å². The van der Waals surface area contributed by atoms with Crippen LogP contribution in [0.5, 0.6) is 0 Å². The van der Waals surface area contributed by atoms with Gasteiger partial charge in [-0.15, -0.1) is 0 Å². The van der Waals surface area contributed by atoms with Crippen LogP contribution in [0.25, 0.3) is 0 Å². The first-order valence-corrected chi connectivity index (χ1v) is 5.07. The molecule has 0 bridgehead atoms. The summed E-state index contributed by atoms with van der Waals surface area (Å²) in [6.07, 6.45) is 0. The summed E-state index contributed by atoms with van der Waals surface area (Å²) in [6.45, 7) is 3.33. The summed E-state index contributed by atoms with van der Waals surface area (Å²) in [6, 6.07) is 5.70. The zero-order valence-electron chi connectivity index (χ0n) is 8.42. The van der Waals surface area contributed by atoms with Crippen molar-refractivity contribution in [3.63, 3.8) is 0 Å². The molecule has 0 radical (unpaired) electrons. The molecule has 0 aliphatic carbocycles. The number of benzene rings is 1. The molecule has 14 heavy (non-hydrogen) atoms. The van der Waals surface area contributed by atoms with Crippen LogP contribution in [0.15, 0.2) is 18.2 Å². The molecule has 1 saturated heterocycles. The molecule has 1 aliphatic rings. The van der Waals surface area contributed by atoms with E-state index in [0.717, 1.165) is 16.1 Å². The highest BCUT2D eigenvalue weighted by molar-refractivity contribution is 6.31. The largest absolute Gasteiger partial charge is 0.382 e. The highest BCUT2D eigenvalue weighted by Crippen LogP contribution is 2.34. The summed E-state index contributed by atoms with van der Waals surface area (Å²) in [4.78, 5) is 2.08. The van der Waals surface area contributed by atoms with E-state index >= 15 is 0 Å². The molecular formula is C11H14ClNO. The lowest BCUT2D eigenvalue weighted by atomic mass is 9.84. The van der Waals surface area contributed by atoms with Gasteiger partial charge in [0.05, 0.1) is 0 Å². The molecule has 1 aromatic rings. The molecule has 0 atom stereocenters. The van der Waals surface area contributed by atoms with Crippen LogP contribution >= 0.6 is 11.6 Å². The Hall–Kier alpha value is -0.570. The summed E-state index contributed by atoms with van der Waals surface area (Å²) in [5, 5.41) is 11.0. The standard InChI is InChI=1S/C11H14ClNO/c1-8-9(4-3-5-10(8)12)11(14)6-13(2)7-11/h3-5,14H,6-7H2,1-2H3. The lowest BCUT2D eigenvalue weighted by Crippen LogP contribution is -2.57. The van der Waals surface area contributed by atoms with Crippen LogP contribution in [0, 0.1) is 6.92 Å². The molecule has 1 heterocycles. The molecule has 1 N–H and O–H groups in total. The lowest BCUT2D eigenvalue weighted by Gasteiger charge is -2.45. The molecule has 0 amide bonds. The second kappa shape index (κ2) is 3.23. The van der Waals surface area contributed by atoms with Crippen molar-refractivity contribution in [2.75, 3.05) is 20.1 Å². The molecular weight excluding hydrogens is 198 g/mol. The first kappa shape index (κ1) is 9.97. The maximum absolute atomic E-state index is 10.3. The van der Waals surface area contributed by atoms with E-state index in [4.69, 9.17) is 11.6 Å². The zero-order chi connectivity index (χ0) is 10.3. The van der Waals surface area contributed by atoms with Gasteiger partial charge < -0.3 is 5.11 Å². The highest BCUT2D eigenvalue weighted by Gasteiger charge is 2.41. The Kier molecular flexibility index (Phi) is 2.30. The zero-order valence-corrected chi connectivity index (χ0v) is 9.17. The van der Waals surface area contributed by atoms with Gasteiger partial charge in [0, 0.05) is 18.1 Å². The minimum atomic E-state index is -0.691. The summed E-state index contributed by atoms with van der Waals surface area (Å²) < 4.78 is 0. The average Bonchev–Trinajstić information content (AvgIpc) is 2.07. The average molecular weight is 212 g/mol. The smallest absolute Gasteiger partial charge is 0.115 e. The van der Waals surface area contributed by atoms with E-state index in [1.807, 2.05) is 32.2 Å². The summed E-state index contributed by atoms with van der Waals surface area (Å²) >= 11 is 6.01. The second-order valence-corrected chi connectivity index (χ2v) is 4.52. The van der Waals surface area contributed by atoms with Gasteiger partial charge in [-0.2, -0.15) is 0 Å². The second-order valence-electron chi connectivity index (χ2n) is 4.12.